The molecule has 1 aromatic heterocycles. The van der Waals surface area contributed by atoms with Crippen LogP contribution < -0.4 is 10.0 Å². The molecule has 29 heavy (non-hydrogen) atoms. The summed E-state index contributed by atoms with van der Waals surface area (Å²) in [5.41, 5.74) is 1.23. The van der Waals surface area contributed by atoms with Gasteiger partial charge in [0.2, 0.25) is 10.0 Å². The number of rotatable bonds is 6. The molecule has 0 aliphatic carbocycles. The fraction of sp³-hybridized carbons (Fsp3) is 0.400. The summed E-state index contributed by atoms with van der Waals surface area (Å²) >= 11 is 0. The van der Waals surface area contributed by atoms with Crippen LogP contribution in [0.4, 0.5) is 0 Å². The first-order valence-electron chi connectivity index (χ1n) is 9.55. The van der Waals surface area contributed by atoms with E-state index in [1.807, 2.05) is 6.92 Å². The second-order valence-corrected chi connectivity index (χ2v) is 8.77. The summed E-state index contributed by atoms with van der Waals surface area (Å²) in [6, 6.07) is 7.64. The van der Waals surface area contributed by atoms with Gasteiger partial charge in [-0.1, -0.05) is 6.92 Å². The molecule has 0 unspecified atom stereocenters. The van der Waals surface area contributed by atoms with Crippen molar-refractivity contribution < 1.29 is 22.4 Å². The van der Waals surface area contributed by atoms with E-state index in [0.29, 0.717) is 43.8 Å². The Hall–Kier alpha value is -2.65. The van der Waals surface area contributed by atoms with Crippen LogP contribution in [0, 0.1) is 6.92 Å². The van der Waals surface area contributed by atoms with Crippen LogP contribution in [0.15, 0.2) is 45.9 Å². The molecule has 1 aliphatic rings. The molecule has 0 radical (unpaired) electrons. The van der Waals surface area contributed by atoms with Crippen molar-refractivity contribution in [2.45, 2.75) is 37.6 Å². The molecule has 1 aromatic carbocycles. The monoisotopic (exact) mass is 419 g/mol. The molecule has 2 aromatic rings. The van der Waals surface area contributed by atoms with E-state index in [2.05, 4.69) is 10.0 Å². The Bertz CT molecular complexity index is 974. The summed E-state index contributed by atoms with van der Waals surface area (Å²) in [5, 5.41) is 2.95. The maximum absolute atomic E-state index is 12.7. The predicted octanol–water partition coefficient (Wildman–Crippen LogP) is 1.92. The van der Waals surface area contributed by atoms with Gasteiger partial charge in [-0.15, -0.1) is 0 Å². The molecule has 2 N–H and O–H groups in total. The highest BCUT2D eigenvalue weighted by molar-refractivity contribution is 7.89. The summed E-state index contributed by atoms with van der Waals surface area (Å²) in [6.07, 6.45) is 2.77. The van der Waals surface area contributed by atoms with Crippen LogP contribution in [-0.4, -0.2) is 50.8 Å². The molecule has 1 aliphatic heterocycles. The van der Waals surface area contributed by atoms with Crippen LogP contribution >= 0.6 is 0 Å². The van der Waals surface area contributed by atoms with Crippen LogP contribution in [0.3, 0.4) is 0 Å². The third-order valence-electron chi connectivity index (χ3n) is 4.93. The van der Waals surface area contributed by atoms with Gasteiger partial charge >= 0.3 is 0 Å². The standard InChI is InChI=1S/C20H25N3O5S/c1-3-21-29(26,27)17-6-4-15(5-7-17)20(25)23-11-8-16(9-12-23)22-19(24)18-14(2)10-13-28-18/h4-7,10,13,16,21H,3,8-9,11-12H2,1-2H3,(H,22,24). The number of piperidine rings is 1. The zero-order chi connectivity index (χ0) is 21.0. The maximum atomic E-state index is 12.7. The van der Waals surface area contributed by atoms with Gasteiger partial charge in [-0.3, -0.25) is 9.59 Å². The van der Waals surface area contributed by atoms with Crippen molar-refractivity contribution in [3.63, 3.8) is 0 Å². The van der Waals surface area contributed by atoms with Crippen LogP contribution in [0.2, 0.25) is 0 Å². The van der Waals surface area contributed by atoms with E-state index >= 15 is 0 Å². The van der Waals surface area contributed by atoms with E-state index in [1.54, 1.807) is 17.9 Å². The first kappa shape index (κ1) is 21.1. The highest BCUT2D eigenvalue weighted by atomic mass is 32.2. The Morgan fingerprint density at radius 2 is 1.79 bits per heavy atom. The number of carbonyl (C=O) groups is 2. The molecular formula is C20H25N3O5S. The summed E-state index contributed by atoms with van der Waals surface area (Å²) in [7, 11) is -3.54. The van der Waals surface area contributed by atoms with Crippen molar-refractivity contribution in [3.05, 3.63) is 53.5 Å². The molecule has 0 spiro atoms. The number of hydrogen-bond donors (Lipinski definition) is 2. The number of aryl methyl sites for hydroxylation is 1. The Morgan fingerprint density at radius 3 is 2.34 bits per heavy atom. The average Bonchev–Trinajstić information content (AvgIpc) is 3.14. The minimum Gasteiger partial charge on any atom is -0.459 e. The summed E-state index contributed by atoms with van der Waals surface area (Å²) in [4.78, 5) is 26.8. The van der Waals surface area contributed by atoms with Gasteiger partial charge in [0.1, 0.15) is 0 Å². The van der Waals surface area contributed by atoms with Crippen LogP contribution in [0.25, 0.3) is 0 Å². The summed E-state index contributed by atoms with van der Waals surface area (Å²) in [5.74, 6) is -0.0741. The number of nitrogens with zero attached hydrogens (tertiary/aromatic N) is 1. The van der Waals surface area contributed by atoms with Crippen molar-refractivity contribution in [1.82, 2.24) is 14.9 Å². The molecule has 2 heterocycles. The first-order valence-corrected chi connectivity index (χ1v) is 11.0. The number of sulfonamides is 1. The topological polar surface area (TPSA) is 109 Å². The van der Waals surface area contributed by atoms with Gasteiger partial charge < -0.3 is 14.6 Å². The number of nitrogens with one attached hydrogen (secondary N) is 2. The molecule has 0 atom stereocenters. The van der Waals surface area contributed by atoms with Crippen molar-refractivity contribution in [3.8, 4) is 0 Å². The zero-order valence-electron chi connectivity index (χ0n) is 16.5. The lowest BCUT2D eigenvalue weighted by Gasteiger charge is -2.32. The molecule has 3 rings (SSSR count). The largest absolute Gasteiger partial charge is 0.459 e. The number of amides is 2. The molecule has 1 fully saturated rings. The van der Waals surface area contributed by atoms with E-state index in [0.717, 1.165) is 5.56 Å². The predicted molar refractivity (Wildman–Crippen MR) is 107 cm³/mol. The van der Waals surface area contributed by atoms with Gasteiger partial charge in [0.15, 0.2) is 5.76 Å². The molecule has 2 amide bonds. The first-order chi connectivity index (χ1) is 13.8. The fourth-order valence-corrected chi connectivity index (χ4v) is 4.36. The van der Waals surface area contributed by atoms with Gasteiger partial charge in [0.25, 0.3) is 11.8 Å². The Balaban J connectivity index is 1.56. The Kier molecular flexibility index (Phi) is 6.39. The van der Waals surface area contributed by atoms with E-state index in [-0.39, 0.29) is 22.8 Å². The number of carbonyl (C=O) groups excluding carboxylic acids is 2. The Labute approximate surface area is 170 Å². The second-order valence-electron chi connectivity index (χ2n) is 7.00. The third-order valence-corrected chi connectivity index (χ3v) is 6.49. The van der Waals surface area contributed by atoms with Crippen molar-refractivity contribution >= 4 is 21.8 Å². The molecule has 8 nitrogen and oxygen atoms in total. The molecular weight excluding hydrogens is 394 g/mol. The lowest BCUT2D eigenvalue weighted by molar-refractivity contribution is 0.0695. The van der Waals surface area contributed by atoms with Crippen molar-refractivity contribution in [2.24, 2.45) is 0 Å². The van der Waals surface area contributed by atoms with Gasteiger partial charge in [0, 0.05) is 36.8 Å². The number of hydrogen-bond acceptors (Lipinski definition) is 5. The van der Waals surface area contributed by atoms with Crippen molar-refractivity contribution in [2.75, 3.05) is 19.6 Å². The van der Waals surface area contributed by atoms with Gasteiger partial charge in [-0.2, -0.15) is 0 Å². The normalized spacial score (nSPS) is 15.3. The van der Waals surface area contributed by atoms with E-state index in [4.69, 9.17) is 4.42 Å². The van der Waals surface area contributed by atoms with Crippen LogP contribution in [0.1, 0.15) is 46.2 Å². The van der Waals surface area contributed by atoms with Gasteiger partial charge in [0.05, 0.1) is 11.2 Å². The minimum atomic E-state index is -3.54. The minimum absolute atomic E-state index is 0.0244. The molecule has 156 valence electrons. The molecule has 9 heteroatoms. The van der Waals surface area contributed by atoms with Gasteiger partial charge in [-0.05, 0) is 50.1 Å². The Morgan fingerprint density at radius 1 is 1.14 bits per heavy atom. The molecule has 0 saturated carbocycles. The average molecular weight is 420 g/mol. The second kappa shape index (κ2) is 8.79. The highest BCUT2D eigenvalue weighted by Gasteiger charge is 2.26. The number of furan rings is 1. The molecule has 1 saturated heterocycles. The van der Waals surface area contributed by atoms with Crippen molar-refractivity contribution in [1.29, 1.82) is 0 Å². The SMILES string of the molecule is CCNS(=O)(=O)c1ccc(C(=O)N2CCC(NC(=O)c3occc3C)CC2)cc1. The summed E-state index contributed by atoms with van der Waals surface area (Å²) in [6.45, 7) is 4.84. The molecule has 0 bridgehead atoms. The van der Waals surface area contributed by atoms with E-state index < -0.39 is 10.0 Å². The lowest BCUT2D eigenvalue weighted by atomic mass is 10.0. The summed E-state index contributed by atoms with van der Waals surface area (Å²) < 4.78 is 31.6. The smallest absolute Gasteiger partial charge is 0.287 e. The van der Waals surface area contributed by atoms with E-state index in [1.165, 1.54) is 30.5 Å². The maximum Gasteiger partial charge on any atom is 0.287 e. The number of likely N-dealkylation sites (tertiary alicyclic amines) is 1. The third kappa shape index (κ3) is 4.86. The highest BCUT2D eigenvalue weighted by Crippen LogP contribution is 2.17. The van der Waals surface area contributed by atoms with Crippen LogP contribution in [0.5, 0.6) is 0 Å². The van der Waals surface area contributed by atoms with Crippen LogP contribution in [-0.2, 0) is 10.0 Å². The zero-order valence-corrected chi connectivity index (χ0v) is 17.3. The quantitative estimate of drug-likeness (QED) is 0.744. The lowest BCUT2D eigenvalue weighted by Crippen LogP contribution is -2.46. The van der Waals surface area contributed by atoms with Gasteiger partial charge in [-0.25, -0.2) is 13.1 Å². The fourth-order valence-electron chi connectivity index (χ4n) is 3.32. The van der Waals surface area contributed by atoms with E-state index in [9.17, 15) is 18.0 Å². The number of benzene rings is 1.